The molecule has 1 atom stereocenters. The Balaban J connectivity index is 1.29. The van der Waals surface area contributed by atoms with Crippen LogP contribution in [0.4, 0.5) is 16.2 Å². The van der Waals surface area contributed by atoms with Gasteiger partial charge in [-0.15, -0.1) is 0 Å². The summed E-state index contributed by atoms with van der Waals surface area (Å²) in [5.41, 5.74) is 1.44. The molecule has 2 saturated heterocycles. The van der Waals surface area contributed by atoms with E-state index in [0.717, 1.165) is 21.4 Å². The number of halogens is 1. The van der Waals surface area contributed by atoms with Gasteiger partial charge in [0.05, 0.1) is 7.11 Å². The fourth-order valence-corrected chi connectivity index (χ4v) is 4.85. The molecule has 4 rings (SSSR count). The number of likely N-dealkylation sites (tertiary alicyclic amines) is 2. The lowest BCUT2D eigenvalue weighted by molar-refractivity contribution is -0.138. The molecule has 2 fully saturated rings. The molecule has 9 heteroatoms. The topological polar surface area (TPSA) is 91.0 Å². The Bertz CT molecular complexity index is 1020. The summed E-state index contributed by atoms with van der Waals surface area (Å²) in [5, 5.41) is 5.85. The number of carbonyl (C=O) groups is 3. The van der Waals surface area contributed by atoms with Gasteiger partial charge in [0.15, 0.2) is 0 Å². The summed E-state index contributed by atoms with van der Waals surface area (Å²) in [5.74, 6) is 0.536. The number of piperidine rings is 1. The van der Waals surface area contributed by atoms with Crippen LogP contribution < -0.4 is 15.4 Å². The van der Waals surface area contributed by atoms with E-state index in [1.54, 1.807) is 29.0 Å². The summed E-state index contributed by atoms with van der Waals surface area (Å²) in [6.45, 7) is 1.60. The molecule has 0 bridgehead atoms. The summed E-state index contributed by atoms with van der Waals surface area (Å²) < 4.78 is 6.23. The van der Waals surface area contributed by atoms with E-state index in [1.807, 2.05) is 36.4 Å². The number of ether oxygens (including phenoxy) is 1. The van der Waals surface area contributed by atoms with Crippen LogP contribution in [0.1, 0.15) is 25.7 Å². The van der Waals surface area contributed by atoms with Gasteiger partial charge in [0.1, 0.15) is 11.8 Å². The SMILES string of the molecule is COc1ccc(NC(=O)C2CCN(C(=O)[C@@H]3CCCN3C(=O)Nc3ccc(I)cc3)CC2)cc1. The van der Waals surface area contributed by atoms with E-state index in [0.29, 0.717) is 44.6 Å². The van der Waals surface area contributed by atoms with Crippen molar-refractivity contribution in [1.82, 2.24) is 9.80 Å². The Morgan fingerprint density at radius 1 is 0.882 bits per heavy atom. The van der Waals surface area contributed by atoms with E-state index in [9.17, 15) is 14.4 Å². The molecule has 34 heavy (non-hydrogen) atoms. The molecule has 0 spiro atoms. The third kappa shape index (κ3) is 5.81. The van der Waals surface area contributed by atoms with Crippen molar-refractivity contribution in [3.8, 4) is 5.75 Å². The number of hydrogen-bond donors (Lipinski definition) is 2. The Morgan fingerprint density at radius 2 is 1.50 bits per heavy atom. The van der Waals surface area contributed by atoms with Crippen molar-refractivity contribution >= 4 is 51.8 Å². The van der Waals surface area contributed by atoms with E-state index in [4.69, 9.17) is 4.74 Å². The number of nitrogens with one attached hydrogen (secondary N) is 2. The molecule has 2 aliphatic rings. The minimum Gasteiger partial charge on any atom is -0.497 e. The quantitative estimate of drug-likeness (QED) is 0.523. The van der Waals surface area contributed by atoms with E-state index in [-0.39, 0.29) is 23.8 Å². The maximum atomic E-state index is 13.2. The van der Waals surface area contributed by atoms with Crippen LogP contribution in [0.3, 0.4) is 0 Å². The molecule has 4 amide bonds. The van der Waals surface area contributed by atoms with Gasteiger partial charge in [-0.05, 0) is 96.8 Å². The van der Waals surface area contributed by atoms with Crippen LogP contribution in [0.25, 0.3) is 0 Å². The number of anilines is 2. The second kappa shape index (κ2) is 11.1. The molecule has 0 unspecified atom stereocenters. The molecule has 180 valence electrons. The van der Waals surface area contributed by atoms with Crippen LogP contribution in [-0.2, 0) is 9.59 Å². The van der Waals surface area contributed by atoms with Crippen LogP contribution in [0, 0.1) is 9.49 Å². The second-order valence-electron chi connectivity index (χ2n) is 8.61. The maximum Gasteiger partial charge on any atom is 0.322 e. The van der Waals surface area contributed by atoms with E-state index in [2.05, 4.69) is 33.2 Å². The highest BCUT2D eigenvalue weighted by Gasteiger charge is 2.38. The zero-order chi connectivity index (χ0) is 24.1. The molecule has 2 aliphatic heterocycles. The fraction of sp³-hybridized carbons (Fsp3) is 0.400. The number of hydrogen-bond acceptors (Lipinski definition) is 4. The van der Waals surface area contributed by atoms with Gasteiger partial charge < -0.3 is 25.2 Å². The predicted molar refractivity (Wildman–Crippen MR) is 139 cm³/mol. The normalized spacial score (nSPS) is 18.5. The smallest absolute Gasteiger partial charge is 0.322 e. The highest BCUT2D eigenvalue weighted by molar-refractivity contribution is 14.1. The summed E-state index contributed by atoms with van der Waals surface area (Å²) >= 11 is 2.22. The average Bonchev–Trinajstić information content (AvgIpc) is 3.36. The first kappa shape index (κ1) is 24.3. The second-order valence-corrected chi connectivity index (χ2v) is 9.85. The minimum atomic E-state index is -0.450. The number of rotatable bonds is 5. The van der Waals surface area contributed by atoms with Crippen LogP contribution in [0.15, 0.2) is 48.5 Å². The molecule has 0 saturated carbocycles. The molecule has 2 heterocycles. The van der Waals surface area contributed by atoms with Crippen molar-refractivity contribution in [3.63, 3.8) is 0 Å². The van der Waals surface area contributed by atoms with E-state index < -0.39 is 6.04 Å². The van der Waals surface area contributed by atoms with Gasteiger partial charge in [0.25, 0.3) is 0 Å². The van der Waals surface area contributed by atoms with Gasteiger partial charge >= 0.3 is 6.03 Å². The zero-order valence-corrected chi connectivity index (χ0v) is 21.3. The minimum absolute atomic E-state index is 0.0238. The number of benzene rings is 2. The van der Waals surface area contributed by atoms with Gasteiger partial charge in [-0.3, -0.25) is 9.59 Å². The van der Waals surface area contributed by atoms with Crippen molar-refractivity contribution in [1.29, 1.82) is 0 Å². The summed E-state index contributed by atoms with van der Waals surface area (Å²) in [4.78, 5) is 42.2. The number of nitrogens with zero attached hydrogens (tertiary/aromatic N) is 2. The van der Waals surface area contributed by atoms with Crippen molar-refractivity contribution in [2.75, 3.05) is 37.4 Å². The fourth-order valence-electron chi connectivity index (χ4n) is 4.49. The molecule has 2 aromatic carbocycles. The predicted octanol–water partition coefficient (Wildman–Crippen LogP) is 4.17. The van der Waals surface area contributed by atoms with Crippen molar-refractivity contribution in [2.45, 2.75) is 31.7 Å². The first-order valence-corrected chi connectivity index (χ1v) is 12.6. The molecule has 2 N–H and O–H groups in total. The molecular formula is C25H29IN4O4. The van der Waals surface area contributed by atoms with Crippen LogP contribution in [-0.4, -0.2) is 60.4 Å². The highest BCUT2D eigenvalue weighted by atomic mass is 127. The maximum absolute atomic E-state index is 13.2. The largest absolute Gasteiger partial charge is 0.497 e. The van der Waals surface area contributed by atoms with Crippen molar-refractivity contribution in [2.24, 2.45) is 5.92 Å². The molecule has 0 radical (unpaired) electrons. The lowest BCUT2D eigenvalue weighted by Gasteiger charge is -2.35. The molecule has 0 aliphatic carbocycles. The molecule has 0 aromatic heterocycles. The number of carbonyl (C=O) groups excluding carboxylic acids is 3. The highest BCUT2D eigenvalue weighted by Crippen LogP contribution is 2.25. The summed E-state index contributed by atoms with van der Waals surface area (Å²) in [6.07, 6.45) is 2.68. The zero-order valence-electron chi connectivity index (χ0n) is 19.1. The lowest BCUT2D eigenvalue weighted by Crippen LogP contribution is -2.51. The monoisotopic (exact) mass is 576 g/mol. The molecule has 2 aromatic rings. The Morgan fingerprint density at radius 3 is 2.15 bits per heavy atom. The summed E-state index contributed by atoms with van der Waals surface area (Å²) in [7, 11) is 1.60. The van der Waals surface area contributed by atoms with Gasteiger partial charge in [0.2, 0.25) is 11.8 Å². The van der Waals surface area contributed by atoms with Gasteiger partial charge in [0, 0.05) is 40.5 Å². The van der Waals surface area contributed by atoms with Crippen molar-refractivity contribution < 1.29 is 19.1 Å². The number of urea groups is 1. The number of amides is 4. The first-order valence-electron chi connectivity index (χ1n) is 11.5. The Hall–Kier alpha value is -2.82. The van der Waals surface area contributed by atoms with Crippen LogP contribution >= 0.6 is 22.6 Å². The first-order chi connectivity index (χ1) is 16.4. The van der Waals surface area contributed by atoms with Crippen LogP contribution in [0.2, 0.25) is 0 Å². The van der Waals surface area contributed by atoms with E-state index >= 15 is 0 Å². The third-order valence-electron chi connectivity index (χ3n) is 6.43. The summed E-state index contributed by atoms with van der Waals surface area (Å²) in [6, 6.07) is 14.1. The van der Waals surface area contributed by atoms with Crippen molar-refractivity contribution in [3.05, 3.63) is 52.1 Å². The Kier molecular flexibility index (Phi) is 7.91. The third-order valence-corrected chi connectivity index (χ3v) is 7.15. The Labute approximate surface area is 213 Å². The van der Waals surface area contributed by atoms with Gasteiger partial charge in [-0.25, -0.2) is 4.79 Å². The molecular weight excluding hydrogens is 547 g/mol. The van der Waals surface area contributed by atoms with Crippen LogP contribution in [0.5, 0.6) is 5.75 Å². The average molecular weight is 576 g/mol. The lowest BCUT2D eigenvalue weighted by atomic mass is 9.95. The standard InChI is InChI=1S/C25H29IN4O4/c1-34-21-10-8-19(9-11-21)27-23(31)17-12-15-29(16-13-17)24(32)22-3-2-14-30(22)25(33)28-20-6-4-18(26)5-7-20/h4-11,17,22H,2-3,12-16H2,1H3,(H,27,31)(H,28,33)/t22-/m0/s1. The number of methoxy groups -OCH3 is 1. The van der Waals surface area contributed by atoms with Gasteiger partial charge in [-0.1, -0.05) is 0 Å². The van der Waals surface area contributed by atoms with E-state index in [1.165, 1.54) is 0 Å². The molecule has 8 nitrogen and oxygen atoms in total. The van der Waals surface area contributed by atoms with Gasteiger partial charge in [-0.2, -0.15) is 0 Å².